The van der Waals surface area contributed by atoms with E-state index >= 15 is 0 Å². The van der Waals surface area contributed by atoms with Crippen LogP contribution in [0.15, 0.2) is 22.7 Å². The summed E-state index contributed by atoms with van der Waals surface area (Å²) in [6.07, 6.45) is 0. The highest BCUT2D eigenvalue weighted by Crippen LogP contribution is 2.19. The lowest BCUT2D eigenvalue weighted by atomic mass is 10.2. The Morgan fingerprint density at radius 3 is 2.89 bits per heavy atom. The van der Waals surface area contributed by atoms with Crippen LogP contribution in [-0.2, 0) is 6.54 Å². The molecule has 0 spiro atoms. The van der Waals surface area contributed by atoms with Crippen LogP contribution in [0.5, 0.6) is 0 Å². The topological polar surface area (TPSA) is 68.0 Å². The van der Waals surface area contributed by atoms with E-state index in [2.05, 4.69) is 26.2 Å². The van der Waals surface area contributed by atoms with Crippen molar-refractivity contribution in [2.45, 2.75) is 13.5 Å². The largest absolute Gasteiger partial charge is 0.476 e. The zero-order valence-electron chi connectivity index (χ0n) is 9.39. The third kappa shape index (κ3) is 2.40. The van der Waals surface area contributed by atoms with Gasteiger partial charge in [0.1, 0.15) is 5.82 Å². The monoisotopic (exact) mass is 313 g/mol. The number of benzene rings is 1. The van der Waals surface area contributed by atoms with Crippen molar-refractivity contribution in [3.63, 3.8) is 0 Å². The normalized spacial score (nSPS) is 10.6. The lowest BCUT2D eigenvalue weighted by Gasteiger charge is -2.06. The van der Waals surface area contributed by atoms with Crippen LogP contribution in [0.3, 0.4) is 0 Å². The van der Waals surface area contributed by atoms with Gasteiger partial charge >= 0.3 is 5.97 Å². The molecule has 0 aliphatic carbocycles. The molecule has 1 aromatic carbocycles. The molecule has 0 atom stereocenters. The first kappa shape index (κ1) is 12.7. The van der Waals surface area contributed by atoms with Gasteiger partial charge in [-0.2, -0.15) is 0 Å². The fourth-order valence-corrected chi connectivity index (χ4v) is 1.91. The third-order valence-corrected chi connectivity index (χ3v) is 3.29. The number of aromatic nitrogens is 3. The number of aromatic carboxylic acids is 1. The molecule has 0 unspecified atom stereocenters. The average Bonchev–Trinajstić information content (AvgIpc) is 2.66. The highest BCUT2D eigenvalue weighted by Gasteiger charge is 2.15. The molecule has 0 radical (unpaired) electrons. The van der Waals surface area contributed by atoms with Gasteiger partial charge in [-0.3, -0.25) is 0 Å². The lowest BCUT2D eigenvalue weighted by Crippen LogP contribution is -2.06. The van der Waals surface area contributed by atoms with Gasteiger partial charge in [-0.05, 0) is 30.7 Å². The number of hydrogen-bond donors (Lipinski definition) is 1. The Bertz CT molecular complexity index is 612. The van der Waals surface area contributed by atoms with Crippen molar-refractivity contribution >= 4 is 21.9 Å². The van der Waals surface area contributed by atoms with Crippen LogP contribution in [0.25, 0.3) is 0 Å². The first-order valence-corrected chi connectivity index (χ1v) is 5.85. The molecule has 2 aromatic rings. The number of hydrogen-bond acceptors (Lipinski definition) is 3. The van der Waals surface area contributed by atoms with E-state index in [1.54, 1.807) is 13.0 Å². The van der Waals surface area contributed by atoms with Gasteiger partial charge in [-0.1, -0.05) is 21.1 Å². The Hall–Kier alpha value is -1.76. The summed E-state index contributed by atoms with van der Waals surface area (Å²) in [5, 5.41) is 16.2. The minimum Gasteiger partial charge on any atom is -0.476 e. The van der Waals surface area contributed by atoms with Crippen molar-refractivity contribution < 1.29 is 14.3 Å². The maximum Gasteiger partial charge on any atom is 0.358 e. The maximum atomic E-state index is 13.1. The van der Waals surface area contributed by atoms with Gasteiger partial charge in [0.05, 0.1) is 12.2 Å². The van der Waals surface area contributed by atoms with E-state index in [0.29, 0.717) is 11.3 Å². The van der Waals surface area contributed by atoms with Crippen molar-refractivity contribution in [1.29, 1.82) is 0 Å². The van der Waals surface area contributed by atoms with Crippen LogP contribution < -0.4 is 0 Å². The molecule has 0 bridgehead atoms. The van der Waals surface area contributed by atoms with Crippen LogP contribution in [0.1, 0.15) is 21.7 Å². The Balaban J connectivity index is 2.34. The standard InChI is InChI=1S/C11H9BrFN3O2/c1-6-10(11(17)18)14-15-16(6)5-7-4-8(13)2-3-9(7)12/h2-4H,5H2,1H3,(H,17,18). The van der Waals surface area contributed by atoms with E-state index in [-0.39, 0.29) is 18.1 Å². The molecule has 94 valence electrons. The SMILES string of the molecule is Cc1c(C(=O)O)nnn1Cc1cc(F)ccc1Br. The number of carboxylic acids is 1. The second kappa shape index (κ2) is 4.85. The smallest absolute Gasteiger partial charge is 0.358 e. The van der Waals surface area contributed by atoms with E-state index in [1.165, 1.54) is 16.8 Å². The number of carbonyl (C=O) groups is 1. The average molecular weight is 314 g/mol. The quantitative estimate of drug-likeness (QED) is 0.943. The molecule has 0 saturated heterocycles. The second-order valence-electron chi connectivity index (χ2n) is 3.72. The first-order valence-electron chi connectivity index (χ1n) is 5.06. The van der Waals surface area contributed by atoms with Crippen LogP contribution >= 0.6 is 15.9 Å². The molecular formula is C11H9BrFN3O2. The van der Waals surface area contributed by atoms with Crippen LogP contribution in [0.4, 0.5) is 4.39 Å². The molecule has 1 N–H and O–H groups in total. The molecule has 0 aliphatic rings. The first-order chi connectivity index (χ1) is 8.49. The maximum absolute atomic E-state index is 13.1. The number of nitrogens with zero attached hydrogens (tertiary/aromatic N) is 3. The molecule has 1 aromatic heterocycles. The predicted octanol–water partition coefficient (Wildman–Crippen LogP) is 2.23. The Labute approximate surface area is 110 Å². The van der Waals surface area contributed by atoms with Crippen molar-refractivity contribution in [2.24, 2.45) is 0 Å². The molecule has 0 saturated carbocycles. The number of carboxylic acid groups (broad SMARTS) is 1. The summed E-state index contributed by atoms with van der Waals surface area (Å²) in [7, 11) is 0. The van der Waals surface area contributed by atoms with Crippen LogP contribution in [0, 0.1) is 12.7 Å². The molecule has 0 amide bonds. The van der Waals surface area contributed by atoms with E-state index in [9.17, 15) is 9.18 Å². The van der Waals surface area contributed by atoms with Gasteiger partial charge in [-0.25, -0.2) is 13.9 Å². The molecule has 0 aliphatic heterocycles. The highest BCUT2D eigenvalue weighted by atomic mass is 79.9. The molecule has 1 heterocycles. The molecular weight excluding hydrogens is 305 g/mol. The van der Waals surface area contributed by atoms with Gasteiger partial charge in [0.15, 0.2) is 5.69 Å². The fourth-order valence-electron chi connectivity index (χ4n) is 1.53. The second-order valence-corrected chi connectivity index (χ2v) is 4.58. The lowest BCUT2D eigenvalue weighted by molar-refractivity contribution is 0.0689. The molecule has 7 heteroatoms. The Morgan fingerprint density at radius 2 is 2.28 bits per heavy atom. The van der Waals surface area contributed by atoms with Crippen molar-refractivity contribution in [3.05, 3.63) is 45.4 Å². The summed E-state index contributed by atoms with van der Waals surface area (Å²) in [6, 6.07) is 4.30. The Morgan fingerprint density at radius 1 is 1.56 bits per heavy atom. The van der Waals surface area contributed by atoms with Crippen molar-refractivity contribution in [2.75, 3.05) is 0 Å². The van der Waals surface area contributed by atoms with Crippen LogP contribution in [0.2, 0.25) is 0 Å². The van der Waals surface area contributed by atoms with Gasteiger partial charge < -0.3 is 5.11 Å². The van der Waals surface area contributed by atoms with Gasteiger partial charge in [0, 0.05) is 4.47 Å². The number of halogens is 2. The van der Waals surface area contributed by atoms with Crippen molar-refractivity contribution in [3.8, 4) is 0 Å². The minimum absolute atomic E-state index is 0.0949. The summed E-state index contributed by atoms with van der Waals surface area (Å²) >= 11 is 3.30. The van der Waals surface area contributed by atoms with Crippen LogP contribution in [-0.4, -0.2) is 26.1 Å². The number of rotatable bonds is 3. The van der Waals surface area contributed by atoms with E-state index in [1.807, 2.05) is 0 Å². The van der Waals surface area contributed by atoms with Gasteiger partial charge in [0.2, 0.25) is 0 Å². The molecule has 0 fully saturated rings. The predicted molar refractivity (Wildman–Crippen MR) is 64.9 cm³/mol. The van der Waals surface area contributed by atoms with E-state index < -0.39 is 5.97 Å². The summed E-state index contributed by atoms with van der Waals surface area (Å²) in [4.78, 5) is 10.8. The van der Waals surface area contributed by atoms with Gasteiger partial charge in [0.25, 0.3) is 0 Å². The minimum atomic E-state index is -1.13. The summed E-state index contributed by atoms with van der Waals surface area (Å²) in [5.74, 6) is -1.48. The summed E-state index contributed by atoms with van der Waals surface area (Å²) in [6.45, 7) is 1.86. The summed E-state index contributed by atoms with van der Waals surface area (Å²) < 4.78 is 15.3. The van der Waals surface area contributed by atoms with E-state index in [4.69, 9.17) is 5.11 Å². The molecule has 5 nitrogen and oxygen atoms in total. The van der Waals surface area contributed by atoms with Gasteiger partial charge in [-0.15, -0.1) is 5.10 Å². The summed E-state index contributed by atoms with van der Waals surface area (Å²) in [5.41, 5.74) is 1.00. The van der Waals surface area contributed by atoms with Crippen molar-refractivity contribution in [1.82, 2.24) is 15.0 Å². The molecule has 2 rings (SSSR count). The molecule has 18 heavy (non-hydrogen) atoms. The zero-order valence-corrected chi connectivity index (χ0v) is 11.0. The fraction of sp³-hybridized carbons (Fsp3) is 0.182. The highest BCUT2D eigenvalue weighted by molar-refractivity contribution is 9.10. The zero-order chi connectivity index (χ0) is 13.3. The third-order valence-electron chi connectivity index (χ3n) is 2.51. The van der Waals surface area contributed by atoms with E-state index in [0.717, 1.165) is 4.47 Å². The Kier molecular flexibility index (Phi) is 3.42.